The number of hydrogen-bond donors (Lipinski definition) is 1. The lowest BCUT2D eigenvalue weighted by atomic mass is 10.2. The smallest absolute Gasteiger partial charge is 0.341 e. The van der Waals surface area contributed by atoms with E-state index < -0.39 is 11.8 Å². The van der Waals surface area contributed by atoms with Gasteiger partial charge in [-0.2, -0.15) is 0 Å². The first-order valence-corrected chi connectivity index (χ1v) is 7.33. The van der Waals surface area contributed by atoms with Gasteiger partial charge in [0.05, 0.1) is 26.7 Å². The molecule has 1 aromatic heterocycles. The third-order valence-electron chi connectivity index (χ3n) is 3.26. The first-order valence-electron chi connectivity index (χ1n) is 7.33. The Balaban J connectivity index is 1.77. The molecule has 7 heteroatoms. The Morgan fingerprint density at radius 1 is 1.29 bits per heavy atom. The number of halogens is 1. The third kappa shape index (κ3) is 4.58. The van der Waals surface area contributed by atoms with E-state index >= 15 is 0 Å². The largest absolute Gasteiger partial charge is 0.490 e. The molecule has 1 amide bonds. The molecular formula is C17H18FNO5. The third-order valence-corrected chi connectivity index (χ3v) is 3.26. The highest BCUT2D eigenvalue weighted by Crippen LogP contribution is 2.16. The van der Waals surface area contributed by atoms with Gasteiger partial charge >= 0.3 is 5.97 Å². The zero-order chi connectivity index (χ0) is 17.5. The van der Waals surface area contributed by atoms with Gasteiger partial charge in [0.15, 0.2) is 11.6 Å². The van der Waals surface area contributed by atoms with Crippen LogP contribution in [0, 0.1) is 12.7 Å². The second-order valence-electron chi connectivity index (χ2n) is 4.98. The Kier molecular flexibility index (Phi) is 5.95. The summed E-state index contributed by atoms with van der Waals surface area (Å²) in [5, 5.41) is 2.64. The summed E-state index contributed by atoms with van der Waals surface area (Å²) < 4.78 is 28.6. The Morgan fingerprint density at radius 2 is 2.04 bits per heavy atom. The van der Waals surface area contributed by atoms with Crippen LogP contribution in [-0.4, -0.2) is 25.6 Å². The number of rotatable bonds is 7. The van der Waals surface area contributed by atoms with E-state index in [1.165, 1.54) is 25.3 Å². The quantitative estimate of drug-likeness (QED) is 0.787. The number of esters is 1. The van der Waals surface area contributed by atoms with Crippen LogP contribution in [0.4, 0.5) is 4.39 Å². The van der Waals surface area contributed by atoms with Gasteiger partial charge in [-0.25, -0.2) is 9.18 Å². The van der Waals surface area contributed by atoms with Gasteiger partial charge in [0.2, 0.25) is 5.91 Å². The van der Waals surface area contributed by atoms with E-state index in [0.717, 1.165) is 0 Å². The van der Waals surface area contributed by atoms with Gasteiger partial charge in [0.25, 0.3) is 0 Å². The Hall–Kier alpha value is -2.83. The molecule has 6 nitrogen and oxygen atoms in total. The second kappa shape index (κ2) is 8.14. The lowest BCUT2D eigenvalue weighted by molar-refractivity contribution is -0.121. The standard InChI is InChI=1S/C17H18FNO5/c1-11-13(17(21)22-2)9-12(24-11)10-19-16(20)7-8-23-15-6-4-3-5-14(15)18/h3-6,9H,7-8,10H2,1-2H3,(H,19,20). The van der Waals surface area contributed by atoms with Crippen LogP contribution in [0.25, 0.3) is 0 Å². The van der Waals surface area contributed by atoms with Crippen LogP contribution in [0.2, 0.25) is 0 Å². The molecule has 0 aliphatic heterocycles. The maximum atomic E-state index is 13.3. The second-order valence-corrected chi connectivity index (χ2v) is 4.98. The van der Waals surface area contributed by atoms with Gasteiger partial charge in [0.1, 0.15) is 17.1 Å². The van der Waals surface area contributed by atoms with Crippen molar-refractivity contribution in [1.29, 1.82) is 0 Å². The summed E-state index contributed by atoms with van der Waals surface area (Å²) in [6.07, 6.45) is 0.0673. The number of para-hydroxylation sites is 1. The molecule has 0 atom stereocenters. The highest BCUT2D eigenvalue weighted by atomic mass is 19.1. The van der Waals surface area contributed by atoms with Crippen LogP contribution in [0.3, 0.4) is 0 Å². The van der Waals surface area contributed by atoms with Gasteiger partial charge in [-0.15, -0.1) is 0 Å². The van der Waals surface area contributed by atoms with Crippen LogP contribution in [-0.2, 0) is 16.1 Å². The van der Waals surface area contributed by atoms with Crippen molar-refractivity contribution < 1.29 is 27.9 Å². The average Bonchev–Trinajstić information content (AvgIpc) is 2.95. The molecule has 1 heterocycles. The van der Waals surface area contributed by atoms with E-state index in [2.05, 4.69) is 10.1 Å². The van der Waals surface area contributed by atoms with Gasteiger partial charge < -0.3 is 19.2 Å². The fourth-order valence-corrected chi connectivity index (χ4v) is 2.03. The van der Waals surface area contributed by atoms with Crippen molar-refractivity contribution in [3.8, 4) is 5.75 Å². The van der Waals surface area contributed by atoms with E-state index in [-0.39, 0.29) is 31.2 Å². The van der Waals surface area contributed by atoms with Crippen molar-refractivity contribution in [2.45, 2.75) is 19.9 Å². The normalized spacial score (nSPS) is 10.3. The van der Waals surface area contributed by atoms with Gasteiger partial charge in [-0.3, -0.25) is 4.79 Å². The molecule has 128 valence electrons. The molecular weight excluding hydrogens is 317 g/mol. The highest BCUT2D eigenvalue weighted by molar-refractivity contribution is 5.90. The van der Waals surface area contributed by atoms with Crippen molar-refractivity contribution in [3.63, 3.8) is 0 Å². The zero-order valence-electron chi connectivity index (χ0n) is 13.4. The van der Waals surface area contributed by atoms with Crippen LogP contribution in [0.5, 0.6) is 5.75 Å². The summed E-state index contributed by atoms with van der Waals surface area (Å²) in [4.78, 5) is 23.2. The fourth-order valence-electron chi connectivity index (χ4n) is 2.03. The van der Waals surface area contributed by atoms with Crippen LogP contribution in [0.15, 0.2) is 34.7 Å². The van der Waals surface area contributed by atoms with Crippen LogP contribution >= 0.6 is 0 Å². The first kappa shape index (κ1) is 17.5. The number of carbonyl (C=O) groups excluding carboxylic acids is 2. The molecule has 0 bridgehead atoms. The topological polar surface area (TPSA) is 77.8 Å². The molecule has 2 aromatic rings. The lowest BCUT2D eigenvalue weighted by Gasteiger charge is -2.07. The number of methoxy groups -OCH3 is 1. The summed E-state index contributed by atoms with van der Waals surface area (Å²) in [6, 6.07) is 7.51. The molecule has 1 aromatic carbocycles. The van der Waals surface area contributed by atoms with Crippen molar-refractivity contribution in [2.75, 3.05) is 13.7 Å². The Morgan fingerprint density at radius 3 is 2.75 bits per heavy atom. The Labute approximate surface area is 138 Å². The van der Waals surface area contributed by atoms with Gasteiger partial charge in [0, 0.05) is 0 Å². The summed E-state index contributed by atoms with van der Waals surface area (Å²) in [6.45, 7) is 1.83. The molecule has 24 heavy (non-hydrogen) atoms. The molecule has 0 saturated heterocycles. The predicted molar refractivity (Wildman–Crippen MR) is 83.1 cm³/mol. The summed E-state index contributed by atoms with van der Waals surface area (Å²) in [5.41, 5.74) is 0.324. The number of carbonyl (C=O) groups is 2. The van der Waals surface area contributed by atoms with E-state index in [4.69, 9.17) is 9.15 Å². The van der Waals surface area contributed by atoms with Crippen molar-refractivity contribution in [2.24, 2.45) is 0 Å². The van der Waals surface area contributed by atoms with Crippen LogP contribution in [0.1, 0.15) is 28.3 Å². The van der Waals surface area contributed by atoms with Crippen molar-refractivity contribution in [1.82, 2.24) is 5.32 Å². The molecule has 0 radical (unpaired) electrons. The predicted octanol–water partition coefficient (Wildman–Crippen LogP) is 2.60. The van der Waals surface area contributed by atoms with Crippen molar-refractivity contribution >= 4 is 11.9 Å². The zero-order valence-corrected chi connectivity index (χ0v) is 13.4. The first-order chi connectivity index (χ1) is 11.5. The average molecular weight is 335 g/mol. The van der Waals surface area contributed by atoms with E-state index in [1.807, 2.05) is 0 Å². The van der Waals surface area contributed by atoms with Gasteiger partial charge in [-0.1, -0.05) is 12.1 Å². The lowest BCUT2D eigenvalue weighted by Crippen LogP contribution is -2.24. The summed E-state index contributed by atoms with van der Waals surface area (Å²) in [5.74, 6) is -0.272. The molecule has 2 rings (SSSR count). The molecule has 0 fully saturated rings. The number of ether oxygens (including phenoxy) is 2. The fraction of sp³-hybridized carbons (Fsp3) is 0.294. The molecule has 1 N–H and O–H groups in total. The van der Waals surface area contributed by atoms with Gasteiger partial charge in [-0.05, 0) is 25.1 Å². The van der Waals surface area contributed by atoms with Crippen LogP contribution < -0.4 is 10.1 Å². The van der Waals surface area contributed by atoms with E-state index in [0.29, 0.717) is 17.1 Å². The minimum atomic E-state index is -0.493. The SMILES string of the molecule is COC(=O)c1cc(CNC(=O)CCOc2ccccc2F)oc1C. The number of aryl methyl sites for hydroxylation is 1. The highest BCUT2D eigenvalue weighted by Gasteiger charge is 2.15. The van der Waals surface area contributed by atoms with Crippen molar-refractivity contribution in [3.05, 3.63) is 53.2 Å². The molecule has 0 saturated carbocycles. The number of benzene rings is 1. The maximum absolute atomic E-state index is 13.3. The Bertz CT molecular complexity index is 726. The molecule has 0 aliphatic carbocycles. The number of furan rings is 1. The monoisotopic (exact) mass is 335 g/mol. The number of amides is 1. The van der Waals surface area contributed by atoms with E-state index in [1.54, 1.807) is 19.1 Å². The molecule has 0 spiro atoms. The maximum Gasteiger partial charge on any atom is 0.341 e. The van der Waals surface area contributed by atoms with E-state index in [9.17, 15) is 14.0 Å². The summed E-state index contributed by atoms with van der Waals surface area (Å²) in [7, 11) is 1.28. The minimum absolute atomic E-state index is 0.0529. The number of hydrogen-bond acceptors (Lipinski definition) is 5. The summed E-state index contributed by atoms with van der Waals surface area (Å²) >= 11 is 0. The molecule has 0 aliphatic rings. The number of nitrogens with one attached hydrogen (secondary N) is 1. The molecule has 0 unspecified atom stereocenters. The minimum Gasteiger partial charge on any atom is -0.490 e.